The molecule has 120 valence electrons. The number of hydrogen-bond donors (Lipinski definition) is 1. The quantitative estimate of drug-likeness (QED) is 0.863. The first-order valence-corrected chi connectivity index (χ1v) is 8.41. The maximum absolute atomic E-state index is 12.4. The van der Waals surface area contributed by atoms with Gasteiger partial charge >= 0.3 is 5.97 Å². The number of hydrogen-bond acceptors (Lipinski definition) is 4. The third-order valence-electron chi connectivity index (χ3n) is 4.97. The van der Waals surface area contributed by atoms with Crippen molar-refractivity contribution in [2.75, 3.05) is 32.8 Å². The number of fused-ring (bicyclic) bond motifs is 1. The molecule has 1 aromatic rings. The Morgan fingerprint density at radius 3 is 2.91 bits per heavy atom. The highest BCUT2D eigenvalue weighted by Crippen LogP contribution is 2.34. The average Bonchev–Trinajstić information content (AvgIpc) is 2.55. The van der Waals surface area contributed by atoms with Gasteiger partial charge in [0.2, 0.25) is 0 Å². The molecule has 2 heterocycles. The molecular weight excluding hydrogens is 276 g/mol. The van der Waals surface area contributed by atoms with Gasteiger partial charge in [0.15, 0.2) is 0 Å². The maximum atomic E-state index is 12.4. The zero-order valence-corrected chi connectivity index (χ0v) is 13.3. The van der Waals surface area contributed by atoms with E-state index in [-0.39, 0.29) is 11.9 Å². The smallest absolute Gasteiger partial charge is 0.310 e. The normalized spacial score (nSPS) is 28.9. The minimum Gasteiger partial charge on any atom is -0.466 e. The van der Waals surface area contributed by atoms with Crippen LogP contribution in [0.4, 0.5) is 0 Å². The third-order valence-corrected chi connectivity index (χ3v) is 4.97. The third kappa shape index (κ3) is 3.50. The molecule has 2 saturated heterocycles. The van der Waals surface area contributed by atoms with Crippen LogP contribution in [0.5, 0.6) is 0 Å². The zero-order valence-electron chi connectivity index (χ0n) is 13.3. The van der Waals surface area contributed by atoms with Gasteiger partial charge in [-0.25, -0.2) is 0 Å². The van der Waals surface area contributed by atoms with Crippen LogP contribution in [0.15, 0.2) is 30.3 Å². The Kier molecular flexibility index (Phi) is 5.11. The molecule has 1 N–H and O–H groups in total. The number of carbonyl (C=O) groups is 1. The Bertz CT molecular complexity index is 491. The van der Waals surface area contributed by atoms with E-state index in [1.165, 1.54) is 5.56 Å². The summed E-state index contributed by atoms with van der Waals surface area (Å²) in [5.74, 6) is 1.06. The van der Waals surface area contributed by atoms with E-state index in [1.54, 1.807) is 0 Å². The van der Waals surface area contributed by atoms with E-state index in [2.05, 4.69) is 34.5 Å². The summed E-state index contributed by atoms with van der Waals surface area (Å²) < 4.78 is 5.34. The number of likely N-dealkylation sites (tertiary alicyclic amines) is 1. The minimum atomic E-state index is -0.00263. The molecule has 0 aliphatic carbocycles. The van der Waals surface area contributed by atoms with Crippen molar-refractivity contribution in [1.29, 1.82) is 0 Å². The molecule has 0 bridgehead atoms. The van der Waals surface area contributed by atoms with Gasteiger partial charge in [0.1, 0.15) is 0 Å². The van der Waals surface area contributed by atoms with Crippen molar-refractivity contribution in [3.8, 4) is 0 Å². The second-order valence-corrected chi connectivity index (χ2v) is 6.45. The van der Waals surface area contributed by atoms with Gasteiger partial charge in [-0.3, -0.25) is 9.69 Å². The SMILES string of the molecule is CCOC(=O)C1CN(Cc2ccccc2)CC2CNCCC21. The van der Waals surface area contributed by atoms with Crippen LogP contribution in [-0.2, 0) is 16.1 Å². The number of piperidine rings is 2. The second kappa shape index (κ2) is 7.25. The van der Waals surface area contributed by atoms with Crippen LogP contribution in [0.1, 0.15) is 18.9 Å². The van der Waals surface area contributed by atoms with Gasteiger partial charge in [0.05, 0.1) is 12.5 Å². The van der Waals surface area contributed by atoms with Gasteiger partial charge < -0.3 is 10.1 Å². The van der Waals surface area contributed by atoms with Crippen LogP contribution in [0, 0.1) is 17.8 Å². The Morgan fingerprint density at radius 1 is 1.32 bits per heavy atom. The number of esters is 1. The highest BCUT2D eigenvalue weighted by atomic mass is 16.5. The lowest BCUT2D eigenvalue weighted by atomic mass is 9.74. The fraction of sp³-hybridized carbons (Fsp3) is 0.611. The zero-order chi connectivity index (χ0) is 15.4. The van der Waals surface area contributed by atoms with E-state index in [0.29, 0.717) is 18.4 Å². The van der Waals surface area contributed by atoms with E-state index in [4.69, 9.17) is 4.74 Å². The molecule has 4 nitrogen and oxygen atoms in total. The standard InChI is InChI=1S/C18H26N2O2/c1-2-22-18(21)17-13-20(11-14-6-4-3-5-7-14)12-15-10-19-9-8-16(15)17/h3-7,15-17,19H,2,8-13H2,1H3. The summed E-state index contributed by atoms with van der Waals surface area (Å²) in [6.07, 6.45) is 1.09. The fourth-order valence-corrected chi connectivity index (χ4v) is 3.96. The highest BCUT2D eigenvalue weighted by molar-refractivity contribution is 5.73. The summed E-state index contributed by atoms with van der Waals surface area (Å²) in [5, 5.41) is 3.48. The molecule has 3 unspecified atom stereocenters. The van der Waals surface area contributed by atoms with Crippen LogP contribution < -0.4 is 5.32 Å². The molecule has 2 aliphatic heterocycles. The Morgan fingerprint density at radius 2 is 2.14 bits per heavy atom. The van der Waals surface area contributed by atoms with Gasteiger partial charge in [0, 0.05) is 19.6 Å². The molecule has 0 radical (unpaired) electrons. The molecule has 4 heteroatoms. The lowest BCUT2D eigenvalue weighted by Crippen LogP contribution is -2.54. The molecule has 0 saturated carbocycles. The van der Waals surface area contributed by atoms with Crippen LogP contribution in [0.2, 0.25) is 0 Å². The maximum Gasteiger partial charge on any atom is 0.310 e. The molecule has 22 heavy (non-hydrogen) atoms. The Balaban J connectivity index is 1.72. The number of carbonyl (C=O) groups excluding carboxylic acids is 1. The van der Waals surface area contributed by atoms with E-state index in [1.807, 2.05) is 13.0 Å². The monoisotopic (exact) mass is 302 g/mol. The molecule has 3 rings (SSSR count). The average molecular weight is 302 g/mol. The van der Waals surface area contributed by atoms with Gasteiger partial charge in [-0.1, -0.05) is 30.3 Å². The van der Waals surface area contributed by atoms with Crippen LogP contribution >= 0.6 is 0 Å². The molecule has 0 aromatic heterocycles. The van der Waals surface area contributed by atoms with E-state index >= 15 is 0 Å². The molecule has 2 aliphatic rings. The highest BCUT2D eigenvalue weighted by Gasteiger charge is 2.42. The number of ether oxygens (including phenoxy) is 1. The van der Waals surface area contributed by atoms with Gasteiger partial charge in [-0.2, -0.15) is 0 Å². The Labute approximate surface area is 132 Å². The number of nitrogens with one attached hydrogen (secondary N) is 1. The molecule has 0 amide bonds. The summed E-state index contributed by atoms with van der Waals surface area (Å²) in [4.78, 5) is 14.8. The van der Waals surface area contributed by atoms with Crippen LogP contribution in [0.3, 0.4) is 0 Å². The van der Waals surface area contributed by atoms with Crippen LogP contribution in [0.25, 0.3) is 0 Å². The van der Waals surface area contributed by atoms with Crippen molar-refractivity contribution in [1.82, 2.24) is 10.2 Å². The topological polar surface area (TPSA) is 41.6 Å². The number of rotatable bonds is 4. The van der Waals surface area contributed by atoms with Gasteiger partial charge in [-0.05, 0) is 43.8 Å². The van der Waals surface area contributed by atoms with Crippen molar-refractivity contribution in [3.63, 3.8) is 0 Å². The van der Waals surface area contributed by atoms with Gasteiger partial charge in [0.25, 0.3) is 0 Å². The van der Waals surface area contributed by atoms with E-state index < -0.39 is 0 Å². The first-order valence-electron chi connectivity index (χ1n) is 8.41. The first kappa shape index (κ1) is 15.5. The Hall–Kier alpha value is -1.39. The lowest BCUT2D eigenvalue weighted by Gasteiger charge is -2.45. The molecule has 2 fully saturated rings. The number of benzene rings is 1. The van der Waals surface area contributed by atoms with Crippen molar-refractivity contribution in [3.05, 3.63) is 35.9 Å². The van der Waals surface area contributed by atoms with E-state index in [0.717, 1.165) is 39.1 Å². The minimum absolute atomic E-state index is 0.00263. The summed E-state index contributed by atoms with van der Waals surface area (Å²) in [6.45, 7) is 7.23. The first-order chi connectivity index (χ1) is 10.8. The van der Waals surface area contributed by atoms with Crippen molar-refractivity contribution < 1.29 is 9.53 Å². The van der Waals surface area contributed by atoms with E-state index in [9.17, 15) is 4.79 Å². The van der Waals surface area contributed by atoms with Gasteiger partial charge in [-0.15, -0.1) is 0 Å². The van der Waals surface area contributed by atoms with Crippen molar-refractivity contribution in [2.24, 2.45) is 17.8 Å². The molecular formula is C18H26N2O2. The largest absolute Gasteiger partial charge is 0.466 e. The molecule has 3 atom stereocenters. The summed E-state index contributed by atoms with van der Waals surface area (Å²) in [7, 11) is 0. The summed E-state index contributed by atoms with van der Waals surface area (Å²) in [6, 6.07) is 10.5. The molecule has 1 aromatic carbocycles. The summed E-state index contributed by atoms with van der Waals surface area (Å²) in [5.41, 5.74) is 1.31. The van der Waals surface area contributed by atoms with Crippen molar-refractivity contribution >= 4 is 5.97 Å². The lowest BCUT2D eigenvalue weighted by molar-refractivity contribution is -0.155. The van der Waals surface area contributed by atoms with Crippen LogP contribution in [-0.4, -0.2) is 43.7 Å². The predicted molar refractivity (Wildman–Crippen MR) is 86.3 cm³/mol. The summed E-state index contributed by atoms with van der Waals surface area (Å²) >= 11 is 0. The van der Waals surface area contributed by atoms with Crippen molar-refractivity contribution in [2.45, 2.75) is 19.9 Å². The number of nitrogens with zero attached hydrogens (tertiary/aromatic N) is 1. The molecule has 0 spiro atoms. The second-order valence-electron chi connectivity index (χ2n) is 6.45. The fourth-order valence-electron chi connectivity index (χ4n) is 3.96. The predicted octanol–water partition coefficient (Wildman–Crippen LogP) is 1.91.